The van der Waals surface area contributed by atoms with E-state index in [9.17, 15) is 4.79 Å². The molecule has 2 amide bonds. The first kappa shape index (κ1) is 15.4. The maximum atomic E-state index is 11.7. The molecule has 2 aliphatic heterocycles. The first-order valence-corrected chi connectivity index (χ1v) is 8.96. The summed E-state index contributed by atoms with van der Waals surface area (Å²) < 4.78 is 5.19. The van der Waals surface area contributed by atoms with Gasteiger partial charge in [-0.1, -0.05) is 0 Å². The number of ether oxygens (including phenoxy) is 1. The number of benzene rings is 1. The van der Waals surface area contributed by atoms with Crippen LogP contribution in [0.15, 0.2) is 29.6 Å². The Bertz CT molecular complexity index is 724. The maximum Gasteiger partial charge on any atom is 0.317 e. The first-order chi connectivity index (χ1) is 11.7. The van der Waals surface area contributed by atoms with E-state index in [0.29, 0.717) is 6.04 Å². The SMILES string of the molecule is COc1ccc(-c2nc(CN3CC(N4CCNC4=O)C3)cs2)cc1. The van der Waals surface area contributed by atoms with E-state index in [4.69, 9.17) is 9.72 Å². The minimum atomic E-state index is 0.0788. The van der Waals surface area contributed by atoms with Crippen molar-refractivity contribution in [2.75, 3.05) is 33.3 Å². The van der Waals surface area contributed by atoms with Crippen molar-refractivity contribution in [2.45, 2.75) is 12.6 Å². The molecular weight excluding hydrogens is 324 g/mol. The lowest BCUT2D eigenvalue weighted by molar-refractivity contribution is 0.0581. The fourth-order valence-corrected chi connectivity index (χ4v) is 4.00. The highest BCUT2D eigenvalue weighted by atomic mass is 32.1. The van der Waals surface area contributed by atoms with Gasteiger partial charge < -0.3 is 15.0 Å². The summed E-state index contributed by atoms with van der Waals surface area (Å²) in [6.45, 7) is 4.31. The number of methoxy groups -OCH3 is 1. The first-order valence-electron chi connectivity index (χ1n) is 8.08. The molecule has 24 heavy (non-hydrogen) atoms. The molecule has 126 valence electrons. The van der Waals surface area contributed by atoms with Crippen LogP contribution >= 0.6 is 11.3 Å². The Hall–Kier alpha value is -2.12. The molecule has 3 heterocycles. The van der Waals surface area contributed by atoms with Gasteiger partial charge in [0.15, 0.2) is 0 Å². The van der Waals surface area contributed by atoms with Crippen LogP contribution in [-0.2, 0) is 6.54 Å². The van der Waals surface area contributed by atoms with Crippen molar-refractivity contribution in [2.24, 2.45) is 0 Å². The lowest BCUT2D eigenvalue weighted by Crippen LogP contribution is -2.59. The van der Waals surface area contributed by atoms with Crippen molar-refractivity contribution in [1.29, 1.82) is 0 Å². The zero-order chi connectivity index (χ0) is 16.5. The van der Waals surface area contributed by atoms with Crippen LogP contribution in [0.3, 0.4) is 0 Å². The smallest absolute Gasteiger partial charge is 0.317 e. The van der Waals surface area contributed by atoms with Crippen molar-refractivity contribution in [3.63, 3.8) is 0 Å². The van der Waals surface area contributed by atoms with E-state index in [1.165, 1.54) is 0 Å². The molecule has 1 aromatic carbocycles. The zero-order valence-corrected chi connectivity index (χ0v) is 14.4. The molecule has 1 N–H and O–H groups in total. The molecule has 0 atom stereocenters. The van der Waals surface area contributed by atoms with Crippen LogP contribution in [0.1, 0.15) is 5.69 Å². The van der Waals surface area contributed by atoms with Crippen LogP contribution in [-0.4, -0.2) is 60.1 Å². The number of carbonyl (C=O) groups excluding carboxylic acids is 1. The summed E-state index contributed by atoms with van der Waals surface area (Å²) in [7, 11) is 1.67. The molecular formula is C17H20N4O2S. The normalized spacial score (nSPS) is 18.5. The molecule has 2 saturated heterocycles. The lowest BCUT2D eigenvalue weighted by atomic mass is 10.1. The number of nitrogens with one attached hydrogen (secondary N) is 1. The predicted octanol–water partition coefficient (Wildman–Crippen LogP) is 2.03. The number of carbonyl (C=O) groups is 1. The van der Waals surface area contributed by atoms with Gasteiger partial charge in [-0.15, -0.1) is 11.3 Å². The molecule has 0 spiro atoms. The largest absolute Gasteiger partial charge is 0.497 e. The number of hydrogen-bond acceptors (Lipinski definition) is 5. The van der Waals surface area contributed by atoms with Crippen LogP contribution in [0, 0.1) is 0 Å². The number of amides is 2. The highest BCUT2D eigenvalue weighted by molar-refractivity contribution is 7.13. The molecule has 4 rings (SSSR count). The number of rotatable bonds is 5. The summed E-state index contributed by atoms with van der Waals surface area (Å²) in [4.78, 5) is 20.7. The Balaban J connectivity index is 1.34. The molecule has 0 saturated carbocycles. The monoisotopic (exact) mass is 344 g/mol. The molecule has 0 bridgehead atoms. The summed E-state index contributed by atoms with van der Waals surface area (Å²) in [5.74, 6) is 0.855. The fraction of sp³-hybridized carbons (Fsp3) is 0.412. The van der Waals surface area contributed by atoms with Crippen LogP contribution < -0.4 is 10.1 Å². The molecule has 2 fully saturated rings. The third-order valence-corrected chi connectivity index (χ3v) is 5.48. The number of aromatic nitrogens is 1. The fourth-order valence-electron chi connectivity index (χ4n) is 3.18. The van der Waals surface area contributed by atoms with E-state index >= 15 is 0 Å². The summed E-state index contributed by atoms with van der Waals surface area (Å²) in [6, 6.07) is 8.41. The zero-order valence-electron chi connectivity index (χ0n) is 13.6. The topological polar surface area (TPSA) is 57.7 Å². The number of thiazole rings is 1. The van der Waals surface area contributed by atoms with Gasteiger partial charge >= 0.3 is 6.03 Å². The van der Waals surface area contributed by atoms with Gasteiger partial charge in [-0.25, -0.2) is 9.78 Å². The molecule has 0 radical (unpaired) electrons. The molecule has 7 heteroatoms. The van der Waals surface area contributed by atoms with E-state index in [2.05, 4.69) is 15.6 Å². The van der Waals surface area contributed by atoms with Crippen LogP contribution in [0.2, 0.25) is 0 Å². The summed E-state index contributed by atoms with van der Waals surface area (Å²) in [6.07, 6.45) is 0. The van der Waals surface area contributed by atoms with Gasteiger partial charge in [0.25, 0.3) is 0 Å². The number of hydrogen-bond donors (Lipinski definition) is 1. The van der Waals surface area contributed by atoms with Crippen molar-refractivity contribution in [3.8, 4) is 16.3 Å². The molecule has 2 aliphatic rings. The van der Waals surface area contributed by atoms with Crippen molar-refractivity contribution >= 4 is 17.4 Å². The Kier molecular flexibility index (Phi) is 4.12. The molecule has 1 aromatic heterocycles. The van der Waals surface area contributed by atoms with Gasteiger partial charge in [0.05, 0.1) is 18.8 Å². The van der Waals surface area contributed by atoms with Gasteiger partial charge in [0, 0.05) is 43.7 Å². The number of urea groups is 1. The van der Waals surface area contributed by atoms with Crippen molar-refractivity contribution < 1.29 is 9.53 Å². The summed E-state index contributed by atoms with van der Waals surface area (Å²) >= 11 is 1.67. The molecule has 2 aromatic rings. The average Bonchev–Trinajstić information content (AvgIpc) is 3.20. The third-order valence-electron chi connectivity index (χ3n) is 4.54. The predicted molar refractivity (Wildman–Crippen MR) is 93.3 cm³/mol. The van der Waals surface area contributed by atoms with Gasteiger partial charge in [-0.3, -0.25) is 4.90 Å². The minimum absolute atomic E-state index is 0.0788. The Morgan fingerprint density at radius 3 is 2.79 bits per heavy atom. The number of nitrogens with zero attached hydrogens (tertiary/aromatic N) is 3. The standard InChI is InChI=1S/C17H20N4O2S/c1-23-15-4-2-12(3-5-15)16-19-13(11-24-16)8-20-9-14(10-20)21-7-6-18-17(21)22/h2-5,11,14H,6-10H2,1H3,(H,18,22). The highest BCUT2D eigenvalue weighted by Crippen LogP contribution is 2.27. The summed E-state index contributed by atoms with van der Waals surface area (Å²) in [5, 5.41) is 6.01. The van der Waals surface area contributed by atoms with Gasteiger partial charge in [0.2, 0.25) is 0 Å². The van der Waals surface area contributed by atoms with Crippen molar-refractivity contribution in [3.05, 3.63) is 35.3 Å². The summed E-state index contributed by atoms with van der Waals surface area (Å²) in [5.41, 5.74) is 2.21. The van der Waals surface area contributed by atoms with Crippen LogP contribution in [0.4, 0.5) is 4.79 Å². The van der Waals surface area contributed by atoms with E-state index < -0.39 is 0 Å². The molecule has 0 aliphatic carbocycles. The lowest BCUT2D eigenvalue weighted by Gasteiger charge is -2.43. The van der Waals surface area contributed by atoms with E-state index in [1.54, 1.807) is 18.4 Å². The van der Waals surface area contributed by atoms with Crippen LogP contribution in [0.5, 0.6) is 5.75 Å². The van der Waals surface area contributed by atoms with Gasteiger partial charge in [-0.05, 0) is 24.3 Å². The van der Waals surface area contributed by atoms with Crippen molar-refractivity contribution in [1.82, 2.24) is 20.1 Å². The Labute approximate surface area is 145 Å². The van der Waals surface area contributed by atoms with E-state index in [0.717, 1.165) is 54.7 Å². The molecule has 6 nitrogen and oxygen atoms in total. The molecule has 0 unspecified atom stereocenters. The maximum absolute atomic E-state index is 11.7. The minimum Gasteiger partial charge on any atom is -0.497 e. The Morgan fingerprint density at radius 2 is 2.12 bits per heavy atom. The highest BCUT2D eigenvalue weighted by Gasteiger charge is 2.36. The second-order valence-electron chi connectivity index (χ2n) is 6.15. The van der Waals surface area contributed by atoms with Gasteiger partial charge in [-0.2, -0.15) is 0 Å². The Morgan fingerprint density at radius 1 is 1.33 bits per heavy atom. The average molecular weight is 344 g/mol. The number of likely N-dealkylation sites (tertiary alicyclic amines) is 1. The quantitative estimate of drug-likeness (QED) is 0.902. The van der Waals surface area contributed by atoms with E-state index in [1.807, 2.05) is 29.2 Å². The third kappa shape index (κ3) is 2.97. The second kappa shape index (κ2) is 6.41. The van der Waals surface area contributed by atoms with Crippen LogP contribution in [0.25, 0.3) is 10.6 Å². The van der Waals surface area contributed by atoms with Gasteiger partial charge in [0.1, 0.15) is 10.8 Å². The second-order valence-corrected chi connectivity index (χ2v) is 7.00. The van der Waals surface area contributed by atoms with E-state index in [-0.39, 0.29) is 6.03 Å².